The summed E-state index contributed by atoms with van der Waals surface area (Å²) >= 11 is 0. The molecule has 0 bridgehead atoms. The highest BCUT2D eigenvalue weighted by atomic mass is 16.1. The number of fused-ring (bicyclic) bond motifs is 1. The molecule has 0 radical (unpaired) electrons. The van der Waals surface area contributed by atoms with Gasteiger partial charge in [-0.05, 0) is 18.4 Å². The number of carbonyl (C=O) groups excluding carboxylic acids is 3. The van der Waals surface area contributed by atoms with Crippen molar-refractivity contribution in [3.05, 3.63) is 75.9 Å². The van der Waals surface area contributed by atoms with Gasteiger partial charge in [-0.15, -0.1) is 0 Å². The van der Waals surface area contributed by atoms with Crippen LogP contribution < -0.4 is 5.32 Å². The zero-order valence-corrected chi connectivity index (χ0v) is 13.8. The summed E-state index contributed by atoms with van der Waals surface area (Å²) in [6.07, 6.45) is 3.28. The minimum absolute atomic E-state index is 0.0393. The molecule has 1 unspecified atom stereocenters. The predicted molar refractivity (Wildman–Crippen MR) is 92.5 cm³/mol. The summed E-state index contributed by atoms with van der Waals surface area (Å²) in [5.74, 6) is -1.01. The lowest BCUT2D eigenvalue weighted by molar-refractivity contribution is -0.116. The quantitative estimate of drug-likeness (QED) is 0.828. The van der Waals surface area contributed by atoms with Gasteiger partial charge in [0.15, 0.2) is 11.6 Å². The highest BCUT2D eigenvalue weighted by molar-refractivity contribution is 6.27. The summed E-state index contributed by atoms with van der Waals surface area (Å²) in [5.41, 5.74) is 3.32. The van der Waals surface area contributed by atoms with E-state index in [1.165, 1.54) is 6.20 Å². The molecule has 5 rings (SSSR count). The summed E-state index contributed by atoms with van der Waals surface area (Å²) in [6, 6.07) is 9.44. The van der Waals surface area contributed by atoms with Gasteiger partial charge in [0, 0.05) is 29.2 Å². The number of rotatable bonds is 1. The van der Waals surface area contributed by atoms with Crippen molar-refractivity contribution in [2.75, 3.05) is 0 Å². The average molecular weight is 345 g/mol. The fourth-order valence-corrected chi connectivity index (χ4v) is 4.14. The highest BCUT2D eigenvalue weighted by Crippen LogP contribution is 2.45. The molecular formula is C20H15N3O3. The molecular weight excluding hydrogens is 330 g/mol. The average Bonchev–Trinajstić information content (AvgIpc) is 3.16. The number of aromatic amines is 1. The fourth-order valence-electron chi connectivity index (χ4n) is 4.14. The number of allylic oxidation sites excluding steroid dienone is 4. The number of H-pyrrole nitrogens is 1. The maximum atomic E-state index is 13.2. The van der Waals surface area contributed by atoms with E-state index in [1.54, 1.807) is 0 Å². The summed E-state index contributed by atoms with van der Waals surface area (Å²) in [6.45, 7) is 0. The van der Waals surface area contributed by atoms with E-state index in [4.69, 9.17) is 0 Å². The van der Waals surface area contributed by atoms with Gasteiger partial charge in [-0.3, -0.25) is 19.5 Å². The molecule has 1 atom stereocenters. The number of nitrogens with one attached hydrogen (secondary N) is 2. The second-order valence-electron chi connectivity index (χ2n) is 6.74. The van der Waals surface area contributed by atoms with Crippen LogP contribution >= 0.6 is 0 Å². The van der Waals surface area contributed by atoms with Crippen LogP contribution in [0.15, 0.2) is 59.1 Å². The van der Waals surface area contributed by atoms with Crippen LogP contribution in [-0.2, 0) is 4.79 Å². The normalized spacial score (nSPS) is 22.0. The van der Waals surface area contributed by atoms with E-state index in [2.05, 4.69) is 15.5 Å². The van der Waals surface area contributed by atoms with Crippen LogP contribution in [0.5, 0.6) is 0 Å². The largest absolute Gasteiger partial charge is 0.355 e. The Morgan fingerprint density at radius 1 is 0.962 bits per heavy atom. The third-order valence-electron chi connectivity index (χ3n) is 5.29. The lowest BCUT2D eigenvalue weighted by Gasteiger charge is -2.36. The van der Waals surface area contributed by atoms with Gasteiger partial charge in [-0.1, -0.05) is 30.3 Å². The Hall–Kier alpha value is -3.28. The molecule has 0 amide bonds. The molecule has 0 saturated carbocycles. The van der Waals surface area contributed by atoms with E-state index < -0.39 is 5.92 Å². The number of nitrogens with zero attached hydrogens (tertiary/aromatic N) is 1. The molecule has 128 valence electrons. The Morgan fingerprint density at radius 3 is 2.58 bits per heavy atom. The Kier molecular flexibility index (Phi) is 3.09. The third-order valence-corrected chi connectivity index (χ3v) is 5.29. The monoisotopic (exact) mass is 345 g/mol. The molecule has 1 aromatic carbocycles. The van der Waals surface area contributed by atoms with E-state index >= 15 is 0 Å². The zero-order chi connectivity index (χ0) is 17.8. The molecule has 6 nitrogen and oxygen atoms in total. The van der Waals surface area contributed by atoms with Gasteiger partial charge in [0.05, 0.1) is 17.5 Å². The molecule has 6 heteroatoms. The van der Waals surface area contributed by atoms with E-state index in [0.717, 1.165) is 17.7 Å². The Labute approximate surface area is 149 Å². The Balaban J connectivity index is 1.77. The standard InChI is InChI=1S/C20H15N3O3/c24-13-8-4-7-12-15(13)14(10-5-2-1-3-6-10)16-18(22-12)20(26)17-11(19(16)25)9-21-23-17/h1-3,5-6,9,14,22H,4,7-8H2,(H,21,23). The predicted octanol–water partition coefficient (Wildman–Crippen LogP) is 2.44. The van der Waals surface area contributed by atoms with Crippen LogP contribution in [0, 0.1) is 0 Å². The lowest BCUT2D eigenvalue weighted by atomic mass is 9.71. The molecule has 0 saturated heterocycles. The van der Waals surface area contributed by atoms with Crippen LogP contribution in [0.4, 0.5) is 0 Å². The lowest BCUT2D eigenvalue weighted by Crippen LogP contribution is -2.39. The van der Waals surface area contributed by atoms with Gasteiger partial charge in [0.25, 0.3) is 0 Å². The van der Waals surface area contributed by atoms with Gasteiger partial charge >= 0.3 is 0 Å². The number of ketones is 3. The number of hydrogen-bond donors (Lipinski definition) is 2. The molecule has 1 aliphatic heterocycles. The number of benzene rings is 1. The molecule has 2 N–H and O–H groups in total. The second kappa shape index (κ2) is 5.36. The van der Waals surface area contributed by atoms with Crippen molar-refractivity contribution in [2.24, 2.45) is 0 Å². The smallest absolute Gasteiger partial charge is 0.228 e. The molecule has 3 aliphatic rings. The SMILES string of the molecule is O=C1CCCC2=C1C(c1ccccc1)C1=C(N2)C(=O)c2[nH]ncc2C1=O. The van der Waals surface area contributed by atoms with Gasteiger partial charge in [0.1, 0.15) is 5.69 Å². The molecule has 2 aliphatic carbocycles. The third kappa shape index (κ3) is 1.92. The van der Waals surface area contributed by atoms with Crippen LogP contribution in [0.2, 0.25) is 0 Å². The molecule has 0 fully saturated rings. The van der Waals surface area contributed by atoms with Crippen molar-refractivity contribution in [1.29, 1.82) is 0 Å². The van der Waals surface area contributed by atoms with Gasteiger partial charge < -0.3 is 5.32 Å². The topological polar surface area (TPSA) is 91.9 Å². The number of carbonyl (C=O) groups is 3. The molecule has 1 aromatic heterocycles. The first-order chi connectivity index (χ1) is 12.7. The molecule has 0 spiro atoms. The zero-order valence-electron chi connectivity index (χ0n) is 13.8. The first-order valence-corrected chi connectivity index (χ1v) is 8.62. The van der Waals surface area contributed by atoms with E-state index in [-0.39, 0.29) is 34.3 Å². The Morgan fingerprint density at radius 2 is 1.77 bits per heavy atom. The van der Waals surface area contributed by atoms with Crippen molar-refractivity contribution in [3.8, 4) is 0 Å². The van der Waals surface area contributed by atoms with Crippen molar-refractivity contribution in [3.63, 3.8) is 0 Å². The minimum atomic E-state index is -0.519. The van der Waals surface area contributed by atoms with E-state index in [9.17, 15) is 14.4 Å². The fraction of sp³-hybridized carbons (Fsp3) is 0.200. The molecule has 26 heavy (non-hydrogen) atoms. The minimum Gasteiger partial charge on any atom is -0.355 e. The Bertz CT molecular complexity index is 1040. The number of Topliss-reactive ketones (excluding diaryl/α,β-unsaturated/α-hetero) is 3. The van der Waals surface area contributed by atoms with Crippen molar-refractivity contribution < 1.29 is 14.4 Å². The maximum absolute atomic E-state index is 13.2. The van der Waals surface area contributed by atoms with Crippen molar-refractivity contribution in [1.82, 2.24) is 15.5 Å². The van der Waals surface area contributed by atoms with E-state index in [1.807, 2.05) is 30.3 Å². The van der Waals surface area contributed by atoms with Gasteiger partial charge in [0.2, 0.25) is 5.78 Å². The van der Waals surface area contributed by atoms with Gasteiger partial charge in [-0.2, -0.15) is 5.10 Å². The van der Waals surface area contributed by atoms with Crippen LogP contribution in [0.25, 0.3) is 0 Å². The van der Waals surface area contributed by atoms with Gasteiger partial charge in [-0.25, -0.2) is 0 Å². The maximum Gasteiger partial charge on any atom is 0.228 e. The molecule has 2 aromatic rings. The summed E-state index contributed by atoms with van der Waals surface area (Å²) < 4.78 is 0. The van der Waals surface area contributed by atoms with Crippen molar-refractivity contribution >= 4 is 17.3 Å². The van der Waals surface area contributed by atoms with Crippen LogP contribution in [0.3, 0.4) is 0 Å². The first kappa shape index (κ1) is 15.0. The van der Waals surface area contributed by atoms with Crippen LogP contribution in [-0.4, -0.2) is 27.5 Å². The van der Waals surface area contributed by atoms with Crippen molar-refractivity contribution in [2.45, 2.75) is 25.2 Å². The first-order valence-electron chi connectivity index (χ1n) is 8.62. The summed E-state index contributed by atoms with van der Waals surface area (Å²) in [4.78, 5) is 38.9. The van der Waals surface area contributed by atoms with E-state index in [0.29, 0.717) is 24.0 Å². The second-order valence-corrected chi connectivity index (χ2v) is 6.74. The highest BCUT2D eigenvalue weighted by Gasteiger charge is 2.45. The number of dihydropyridines is 1. The summed E-state index contributed by atoms with van der Waals surface area (Å²) in [5, 5.41) is 9.61. The summed E-state index contributed by atoms with van der Waals surface area (Å²) in [7, 11) is 0. The molecule has 2 heterocycles. The number of hydrogen-bond acceptors (Lipinski definition) is 5. The van der Waals surface area contributed by atoms with Crippen LogP contribution in [0.1, 0.15) is 51.6 Å². The number of aromatic nitrogens is 2.